The number of hydrogen-bond acceptors (Lipinski definition) is 3. The SMILES string of the molecule is NC(=O)C(N)CC(F)C(N)=O. The van der Waals surface area contributed by atoms with Crippen molar-refractivity contribution >= 4 is 11.8 Å². The number of rotatable bonds is 4. The summed E-state index contributed by atoms with van der Waals surface area (Å²) in [7, 11) is 0. The molecule has 0 aromatic rings. The molecule has 0 fully saturated rings. The Labute approximate surface area is 62.7 Å². The van der Waals surface area contributed by atoms with Crippen molar-refractivity contribution in [1.29, 1.82) is 0 Å². The number of halogens is 1. The monoisotopic (exact) mass is 163 g/mol. The van der Waals surface area contributed by atoms with E-state index < -0.39 is 30.4 Å². The van der Waals surface area contributed by atoms with Crippen LogP contribution >= 0.6 is 0 Å². The van der Waals surface area contributed by atoms with Crippen molar-refractivity contribution in [1.82, 2.24) is 0 Å². The summed E-state index contributed by atoms with van der Waals surface area (Å²) in [6.45, 7) is 0. The van der Waals surface area contributed by atoms with Gasteiger partial charge >= 0.3 is 0 Å². The number of primary amides is 2. The molecule has 0 rings (SSSR count). The average molecular weight is 163 g/mol. The minimum atomic E-state index is -1.91. The highest BCUT2D eigenvalue weighted by atomic mass is 19.1. The molecule has 0 aliphatic carbocycles. The van der Waals surface area contributed by atoms with Crippen LogP contribution in [0.1, 0.15) is 6.42 Å². The van der Waals surface area contributed by atoms with Gasteiger partial charge in [-0.15, -0.1) is 0 Å². The lowest BCUT2D eigenvalue weighted by Crippen LogP contribution is -2.41. The van der Waals surface area contributed by atoms with Gasteiger partial charge in [-0.25, -0.2) is 4.39 Å². The Morgan fingerprint density at radius 2 is 1.73 bits per heavy atom. The van der Waals surface area contributed by atoms with E-state index in [-0.39, 0.29) is 0 Å². The molecule has 6 N–H and O–H groups in total. The number of nitrogens with two attached hydrogens (primary N) is 3. The summed E-state index contributed by atoms with van der Waals surface area (Å²) in [4.78, 5) is 20.3. The molecule has 0 aliphatic rings. The van der Waals surface area contributed by atoms with Crippen LogP contribution < -0.4 is 17.2 Å². The van der Waals surface area contributed by atoms with Gasteiger partial charge in [0.05, 0.1) is 6.04 Å². The molecule has 0 radical (unpaired) electrons. The van der Waals surface area contributed by atoms with E-state index in [1.54, 1.807) is 0 Å². The van der Waals surface area contributed by atoms with Gasteiger partial charge in [0.1, 0.15) is 0 Å². The van der Waals surface area contributed by atoms with Crippen molar-refractivity contribution < 1.29 is 14.0 Å². The van der Waals surface area contributed by atoms with Crippen molar-refractivity contribution in [2.45, 2.75) is 18.6 Å². The molecule has 0 saturated carbocycles. The first-order valence-electron chi connectivity index (χ1n) is 2.93. The molecule has 0 spiro atoms. The van der Waals surface area contributed by atoms with Crippen molar-refractivity contribution in [2.75, 3.05) is 0 Å². The second-order valence-corrected chi connectivity index (χ2v) is 2.11. The maximum atomic E-state index is 12.4. The van der Waals surface area contributed by atoms with Gasteiger partial charge in [0.25, 0.3) is 5.91 Å². The largest absolute Gasteiger partial charge is 0.368 e. The Hall–Kier alpha value is -1.17. The highest BCUT2D eigenvalue weighted by molar-refractivity contribution is 5.82. The molecule has 0 bridgehead atoms. The molecule has 2 atom stereocenters. The molecule has 2 unspecified atom stereocenters. The lowest BCUT2D eigenvalue weighted by atomic mass is 10.1. The van der Waals surface area contributed by atoms with Crippen LogP contribution in [0.3, 0.4) is 0 Å². The molecule has 2 amide bonds. The molecule has 0 heterocycles. The summed E-state index contributed by atoms with van der Waals surface area (Å²) in [6, 6.07) is -1.16. The predicted octanol–water partition coefficient (Wildman–Crippen LogP) is -1.99. The third-order valence-electron chi connectivity index (χ3n) is 1.14. The van der Waals surface area contributed by atoms with Crippen molar-refractivity contribution in [3.05, 3.63) is 0 Å². The Bertz CT molecular complexity index is 155. The van der Waals surface area contributed by atoms with E-state index in [1.807, 2.05) is 0 Å². The van der Waals surface area contributed by atoms with E-state index in [2.05, 4.69) is 5.73 Å². The van der Waals surface area contributed by atoms with Crippen LogP contribution in [0.25, 0.3) is 0 Å². The summed E-state index contributed by atoms with van der Waals surface area (Å²) >= 11 is 0. The molecule has 0 saturated heterocycles. The first kappa shape index (κ1) is 9.83. The zero-order valence-electron chi connectivity index (χ0n) is 5.79. The predicted molar refractivity (Wildman–Crippen MR) is 35.9 cm³/mol. The van der Waals surface area contributed by atoms with Crippen molar-refractivity contribution in [3.63, 3.8) is 0 Å². The van der Waals surface area contributed by atoms with Crippen LogP contribution in [-0.2, 0) is 9.59 Å². The number of carbonyl (C=O) groups is 2. The van der Waals surface area contributed by atoms with E-state index in [4.69, 9.17) is 11.5 Å². The van der Waals surface area contributed by atoms with Gasteiger partial charge in [-0.2, -0.15) is 0 Å². The zero-order valence-corrected chi connectivity index (χ0v) is 5.79. The van der Waals surface area contributed by atoms with Gasteiger partial charge < -0.3 is 17.2 Å². The first-order valence-corrected chi connectivity index (χ1v) is 2.93. The molecule has 64 valence electrons. The quantitative estimate of drug-likeness (QED) is 0.446. The van der Waals surface area contributed by atoms with Gasteiger partial charge in [0, 0.05) is 6.42 Å². The highest BCUT2D eigenvalue weighted by Crippen LogP contribution is 1.99. The molecular weight excluding hydrogens is 153 g/mol. The maximum absolute atomic E-state index is 12.4. The summed E-state index contributed by atoms with van der Waals surface area (Å²) in [5.74, 6) is -1.99. The van der Waals surface area contributed by atoms with E-state index in [0.29, 0.717) is 0 Å². The molecule has 0 aliphatic heterocycles. The van der Waals surface area contributed by atoms with Crippen LogP contribution in [0, 0.1) is 0 Å². The fourth-order valence-corrected chi connectivity index (χ4v) is 0.455. The Kier molecular flexibility index (Phi) is 3.46. The van der Waals surface area contributed by atoms with Crippen molar-refractivity contribution in [2.24, 2.45) is 17.2 Å². The fraction of sp³-hybridized carbons (Fsp3) is 0.600. The minimum absolute atomic E-state index is 0.454. The first-order chi connectivity index (χ1) is 4.95. The number of amides is 2. The van der Waals surface area contributed by atoms with E-state index in [9.17, 15) is 14.0 Å². The van der Waals surface area contributed by atoms with Gasteiger partial charge in [-0.1, -0.05) is 0 Å². The smallest absolute Gasteiger partial charge is 0.252 e. The lowest BCUT2D eigenvalue weighted by molar-refractivity contribution is -0.124. The standard InChI is InChI=1S/C5H10FN3O2/c6-2(4(8)10)1-3(7)5(9)11/h2-3H,1,7H2,(H2,8,10)(H2,9,11). The minimum Gasteiger partial charge on any atom is -0.368 e. The zero-order chi connectivity index (χ0) is 9.02. The normalized spacial score (nSPS) is 15.5. The van der Waals surface area contributed by atoms with Crippen LogP contribution in [-0.4, -0.2) is 24.0 Å². The third-order valence-corrected chi connectivity index (χ3v) is 1.14. The van der Waals surface area contributed by atoms with Gasteiger partial charge in [-0.3, -0.25) is 9.59 Å². The van der Waals surface area contributed by atoms with Crippen LogP contribution in [0.2, 0.25) is 0 Å². The Morgan fingerprint density at radius 3 is 2.00 bits per heavy atom. The average Bonchev–Trinajstić information content (AvgIpc) is 1.87. The maximum Gasteiger partial charge on any atom is 0.252 e. The molecule has 5 nitrogen and oxygen atoms in total. The number of hydrogen-bond donors (Lipinski definition) is 3. The molecule has 0 aromatic heterocycles. The van der Waals surface area contributed by atoms with Crippen molar-refractivity contribution in [3.8, 4) is 0 Å². The van der Waals surface area contributed by atoms with E-state index >= 15 is 0 Å². The second kappa shape index (κ2) is 3.87. The van der Waals surface area contributed by atoms with E-state index in [0.717, 1.165) is 0 Å². The molecular formula is C5H10FN3O2. The number of alkyl halides is 1. The Balaban J connectivity index is 3.84. The van der Waals surface area contributed by atoms with Gasteiger partial charge in [0.15, 0.2) is 6.17 Å². The van der Waals surface area contributed by atoms with Crippen LogP contribution in [0.5, 0.6) is 0 Å². The molecule has 6 heteroatoms. The lowest BCUT2D eigenvalue weighted by Gasteiger charge is -2.07. The molecule has 11 heavy (non-hydrogen) atoms. The summed E-state index contributed by atoms with van der Waals surface area (Å²) in [5.41, 5.74) is 14.3. The summed E-state index contributed by atoms with van der Waals surface area (Å²) in [5, 5.41) is 0. The fourth-order valence-electron chi connectivity index (χ4n) is 0.455. The van der Waals surface area contributed by atoms with Gasteiger partial charge in [0.2, 0.25) is 5.91 Å². The summed E-state index contributed by atoms with van der Waals surface area (Å²) < 4.78 is 12.4. The van der Waals surface area contributed by atoms with E-state index in [1.165, 1.54) is 0 Å². The topological polar surface area (TPSA) is 112 Å². The highest BCUT2D eigenvalue weighted by Gasteiger charge is 2.20. The van der Waals surface area contributed by atoms with Crippen LogP contribution in [0.15, 0.2) is 0 Å². The third kappa shape index (κ3) is 3.51. The number of carbonyl (C=O) groups excluding carboxylic acids is 2. The van der Waals surface area contributed by atoms with Gasteiger partial charge in [-0.05, 0) is 0 Å². The second-order valence-electron chi connectivity index (χ2n) is 2.11. The van der Waals surface area contributed by atoms with Crippen LogP contribution in [0.4, 0.5) is 4.39 Å². The summed E-state index contributed by atoms with van der Waals surface area (Å²) in [6.07, 6.45) is -2.36. The molecule has 0 aromatic carbocycles. The Morgan fingerprint density at radius 1 is 1.27 bits per heavy atom.